The van der Waals surface area contributed by atoms with Gasteiger partial charge in [-0.05, 0) is 37.2 Å². The van der Waals surface area contributed by atoms with Crippen LogP contribution in [-0.4, -0.2) is 50.4 Å². The molecule has 0 aliphatic heterocycles. The Morgan fingerprint density at radius 1 is 1.16 bits per heavy atom. The minimum absolute atomic E-state index is 0.330. The second-order valence-corrected chi connectivity index (χ2v) is 5.96. The molecule has 2 aromatic heterocycles. The zero-order chi connectivity index (χ0) is 17.6. The predicted molar refractivity (Wildman–Crippen MR) is 99.0 cm³/mol. The number of fused-ring (bicyclic) bond motifs is 1. The Kier molecular flexibility index (Phi) is 5.45. The van der Waals surface area contributed by atoms with E-state index < -0.39 is 0 Å². The Balaban J connectivity index is 1.74. The van der Waals surface area contributed by atoms with E-state index in [0.29, 0.717) is 17.5 Å². The van der Waals surface area contributed by atoms with Gasteiger partial charge < -0.3 is 5.32 Å². The van der Waals surface area contributed by atoms with Crippen LogP contribution in [0.15, 0.2) is 47.3 Å². The van der Waals surface area contributed by atoms with Crippen LogP contribution < -0.4 is 11.0 Å². The van der Waals surface area contributed by atoms with Gasteiger partial charge in [-0.1, -0.05) is 44.2 Å². The molecule has 25 heavy (non-hydrogen) atoms. The third kappa shape index (κ3) is 4.06. The Labute approximate surface area is 146 Å². The van der Waals surface area contributed by atoms with Crippen molar-refractivity contribution in [2.45, 2.75) is 26.3 Å². The zero-order valence-corrected chi connectivity index (χ0v) is 14.6. The molecule has 0 fully saturated rings. The second kappa shape index (κ2) is 7.94. The summed E-state index contributed by atoms with van der Waals surface area (Å²) in [7, 11) is 0. The number of benzene rings is 1. The van der Waals surface area contributed by atoms with Crippen molar-refractivity contribution in [3.05, 3.63) is 58.5 Å². The Hall–Kier alpha value is -2.67. The molecule has 0 unspecified atom stereocenters. The van der Waals surface area contributed by atoms with Gasteiger partial charge in [-0.2, -0.15) is 9.61 Å². The van der Waals surface area contributed by atoms with Crippen LogP contribution in [0.5, 0.6) is 0 Å². The van der Waals surface area contributed by atoms with Gasteiger partial charge in [0.15, 0.2) is 5.65 Å². The maximum absolute atomic E-state index is 11.7. The van der Waals surface area contributed by atoms with Gasteiger partial charge in [0.1, 0.15) is 5.82 Å². The first-order valence-corrected chi connectivity index (χ1v) is 8.67. The molecule has 132 valence electrons. The summed E-state index contributed by atoms with van der Waals surface area (Å²) in [5.41, 5.74) is 1.50. The summed E-state index contributed by atoms with van der Waals surface area (Å²) in [5, 5.41) is 14.0. The van der Waals surface area contributed by atoms with Crippen LogP contribution in [-0.2, 0) is 6.42 Å². The summed E-state index contributed by atoms with van der Waals surface area (Å²) in [5.74, 6) is 0.668. The highest BCUT2D eigenvalue weighted by atomic mass is 16.2. The number of hydrogen-bond acceptors (Lipinski definition) is 5. The molecular weight excluding hydrogens is 316 g/mol. The number of likely N-dealkylation sites (N-methyl/N-ethyl adjacent to an activating group) is 1. The highest BCUT2D eigenvalue weighted by Gasteiger charge is 2.16. The molecule has 3 rings (SSSR count). The van der Waals surface area contributed by atoms with Crippen molar-refractivity contribution in [2.24, 2.45) is 0 Å². The molecule has 7 heteroatoms. The van der Waals surface area contributed by atoms with Gasteiger partial charge in [0, 0.05) is 12.6 Å². The van der Waals surface area contributed by atoms with Gasteiger partial charge in [0.2, 0.25) is 0 Å². The lowest BCUT2D eigenvalue weighted by molar-refractivity contribution is 0.224. The minimum Gasteiger partial charge on any atom is -0.367 e. The molecule has 0 aliphatic carbocycles. The van der Waals surface area contributed by atoms with E-state index in [9.17, 15) is 4.79 Å². The molecule has 0 amide bonds. The van der Waals surface area contributed by atoms with Crippen molar-refractivity contribution in [3.8, 4) is 0 Å². The largest absolute Gasteiger partial charge is 0.367 e. The predicted octanol–water partition coefficient (Wildman–Crippen LogP) is 1.78. The lowest BCUT2D eigenvalue weighted by Crippen LogP contribution is -2.41. The fraction of sp³-hybridized carbons (Fsp3) is 0.389. The molecule has 1 aromatic carbocycles. The van der Waals surface area contributed by atoms with Crippen LogP contribution in [0.4, 0.5) is 5.82 Å². The summed E-state index contributed by atoms with van der Waals surface area (Å²) in [6, 6.07) is 14.5. The van der Waals surface area contributed by atoms with Crippen LogP contribution in [0.3, 0.4) is 0 Å². The van der Waals surface area contributed by atoms with Crippen LogP contribution in [0.2, 0.25) is 0 Å². The number of nitrogens with zero attached hydrogens (tertiary/aromatic N) is 4. The third-order valence-corrected chi connectivity index (χ3v) is 4.44. The quantitative estimate of drug-likeness (QED) is 0.653. The lowest BCUT2D eigenvalue weighted by atomic mass is 10.0. The molecule has 7 nitrogen and oxygen atoms in total. The molecule has 2 N–H and O–H groups in total. The van der Waals surface area contributed by atoms with Crippen molar-refractivity contribution in [1.29, 1.82) is 0 Å². The van der Waals surface area contributed by atoms with E-state index >= 15 is 0 Å². The first-order chi connectivity index (χ1) is 12.2. The maximum Gasteiger partial charge on any atom is 0.364 e. The molecule has 0 bridgehead atoms. The average molecular weight is 340 g/mol. The molecule has 2 heterocycles. The zero-order valence-electron chi connectivity index (χ0n) is 14.6. The van der Waals surface area contributed by atoms with Gasteiger partial charge in [-0.3, -0.25) is 4.90 Å². The van der Waals surface area contributed by atoms with E-state index in [1.165, 1.54) is 10.1 Å². The number of aromatic amines is 1. The van der Waals surface area contributed by atoms with Crippen molar-refractivity contribution in [2.75, 3.05) is 25.0 Å². The normalized spacial score (nSPS) is 12.6. The summed E-state index contributed by atoms with van der Waals surface area (Å²) >= 11 is 0. The van der Waals surface area contributed by atoms with Gasteiger partial charge in [-0.15, -0.1) is 5.10 Å². The first kappa shape index (κ1) is 17.2. The van der Waals surface area contributed by atoms with Crippen molar-refractivity contribution < 1.29 is 0 Å². The average Bonchev–Trinajstić information content (AvgIpc) is 3.02. The van der Waals surface area contributed by atoms with Gasteiger partial charge >= 0.3 is 5.69 Å². The summed E-state index contributed by atoms with van der Waals surface area (Å²) in [4.78, 5) is 14.1. The summed E-state index contributed by atoms with van der Waals surface area (Å²) < 4.78 is 1.27. The van der Waals surface area contributed by atoms with Gasteiger partial charge in [0.05, 0.1) is 0 Å². The van der Waals surface area contributed by atoms with Crippen molar-refractivity contribution in [1.82, 2.24) is 24.7 Å². The molecule has 0 spiro atoms. The number of hydrogen-bond donors (Lipinski definition) is 2. The minimum atomic E-state index is -0.330. The standard InChI is InChI=1S/C18H24N6O/c1-3-23(4-2)15(12-14-8-6-5-7-9-14)13-19-16-10-11-17-20-21-18(25)24(17)22-16/h5-11,15H,3-4,12-13H2,1-2H3,(H,19,22)(H,21,25)/t15-/m0/s1. The maximum atomic E-state index is 11.7. The van der Waals surface area contributed by atoms with E-state index in [0.717, 1.165) is 26.1 Å². The highest BCUT2D eigenvalue weighted by molar-refractivity contribution is 5.43. The SMILES string of the molecule is CCN(CC)[C@H](CNc1ccc2n[nH]c(=O)n2n1)Cc1ccccc1. The van der Waals surface area contributed by atoms with E-state index in [2.05, 4.69) is 63.6 Å². The topological polar surface area (TPSA) is 78.3 Å². The van der Waals surface area contributed by atoms with Crippen LogP contribution in [0.1, 0.15) is 19.4 Å². The van der Waals surface area contributed by atoms with E-state index in [1.807, 2.05) is 12.1 Å². The summed E-state index contributed by atoms with van der Waals surface area (Å²) in [6.45, 7) is 7.09. The number of anilines is 1. The molecule has 0 aliphatic rings. The Morgan fingerprint density at radius 2 is 1.92 bits per heavy atom. The number of rotatable bonds is 8. The smallest absolute Gasteiger partial charge is 0.364 e. The van der Waals surface area contributed by atoms with E-state index in [4.69, 9.17) is 0 Å². The van der Waals surface area contributed by atoms with E-state index in [1.54, 1.807) is 6.07 Å². The molecular formula is C18H24N6O. The fourth-order valence-electron chi connectivity index (χ4n) is 3.08. The molecule has 0 saturated carbocycles. The lowest BCUT2D eigenvalue weighted by Gasteiger charge is -2.30. The van der Waals surface area contributed by atoms with Crippen LogP contribution in [0, 0.1) is 0 Å². The Morgan fingerprint density at radius 3 is 2.64 bits per heavy atom. The van der Waals surface area contributed by atoms with Gasteiger partial charge in [-0.25, -0.2) is 9.89 Å². The van der Waals surface area contributed by atoms with Gasteiger partial charge in [0.25, 0.3) is 0 Å². The number of nitrogens with one attached hydrogen (secondary N) is 2. The fourth-order valence-corrected chi connectivity index (χ4v) is 3.08. The molecule has 0 saturated heterocycles. The molecule has 3 aromatic rings. The highest BCUT2D eigenvalue weighted by Crippen LogP contribution is 2.11. The van der Waals surface area contributed by atoms with Crippen molar-refractivity contribution >= 4 is 11.5 Å². The van der Waals surface area contributed by atoms with E-state index in [-0.39, 0.29) is 5.69 Å². The van der Waals surface area contributed by atoms with Crippen LogP contribution in [0.25, 0.3) is 5.65 Å². The first-order valence-electron chi connectivity index (χ1n) is 8.67. The molecule has 0 radical (unpaired) electrons. The Bertz CT molecular complexity index is 853. The van der Waals surface area contributed by atoms with Crippen molar-refractivity contribution in [3.63, 3.8) is 0 Å². The van der Waals surface area contributed by atoms with Crippen LogP contribution >= 0.6 is 0 Å². The second-order valence-electron chi connectivity index (χ2n) is 5.96. The number of H-pyrrole nitrogens is 1. The third-order valence-electron chi connectivity index (χ3n) is 4.44. The molecule has 1 atom stereocenters. The monoisotopic (exact) mass is 340 g/mol. The number of aromatic nitrogens is 4. The summed E-state index contributed by atoms with van der Waals surface area (Å²) in [6.07, 6.45) is 0.962.